The van der Waals surface area contributed by atoms with Gasteiger partial charge < -0.3 is 0 Å². The molecule has 1 heterocycles. The molecule has 80 valence electrons. The van der Waals surface area contributed by atoms with Crippen molar-refractivity contribution in [2.75, 3.05) is 19.6 Å². The van der Waals surface area contributed by atoms with Gasteiger partial charge in [0, 0.05) is 18.1 Å². The predicted molar refractivity (Wildman–Crippen MR) is 65.2 cm³/mol. The van der Waals surface area contributed by atoms with Crippen LogP contribution >= 0.6 is 11.6 Å². The Hall–Kier alpha value is -0.790. The van der Waals surface area contributed by atoms with Crippen LogP contribution in [0.2, 0.25) is 0 Å². The highest BCUT2D eigenvalue weighted by atomic mass is 35.5. The first-order valence-electron chi connectivity index (χ1n) is 5.36. The van der Waals surface area contributed by atoms with E-state index in [-0.39, 0.29) is 0 Å². The SMILES string of the molecule is C=C(Cl)CN1CC[C@@H](c2ccccc2)C1. The maximum Gasteiger partial charge on any atom is 0.0335 e. The number of benzene rings is 1. The van der Waals surface area contributed by atoms with Crippen LogP contribution in [0.25, 0.3) is 0 Å². The summed E-state index contributed by atoms with van der Waals surface area (Å²) in [5, 5.41) is 0.740. The molecule has 1 aliphatic rings. The Labute approximate surface area is 96.4 Å². The zero-order valence-corrected chi connectivity index (χ0v) is 9.58. The molecule has 0 bridgehead atoms. The van der Waals surface area contributed by atoms with Gasteiger partial charge >= 0.3 is 0 Å². The van der Waals surface area contributed by atoms with Gasteiger partial charge in [-0.3, -0.25) is 4.90 Å². The van der Waals surface area contributed by atoms with E-state index >= 15 is 0 Å². The lowest BCUT2D eigenvalue weighted by Crippen LogP contribution is -2.21. The lowest BCUT2D eigenvalue weighted by Gasteiger charge is -2.14. The highest BCUT2D eigenvalue weighted by molar-refractivity contribution is 6.29. The van der Waals surface area contributed by atoms with Crippen molar-refractivity contribution >= 4 is 11.6 Å². The van der Waals surface area contributed by atoms with Crippen LogP contribution in [0.5, 0.6) is 0 Å². The second-order valence-electron chi connectivity index (χ2n) is 4.15. The van der Waals surface area contributed by atoms with Crippen LogP contribution in [0.4, 0.5) is 0 Å². The van der Waals surface area contributed by atoms with Crippen molar-refractivity contribution in [1.29, 1.82) is 0 Å². The van der Waals surface area contributed by atoms with Gasteiger partial charge in [-0.15, -0.1) is 0 Å². The van der Waals surface area contributed by atoms with Gasteiger partial charge in [0.1, 0.15) is 0 Å². The molecule has 1 aromatic carbocycles. The lowest BCUT2D eigenvalue weighted by atomic mass is 9.99. The number of nitrogens with zero attached hydrogens (tertiary/aromatic N) is 1. The van der Waals surface area contributed by atoms with E-state index < -0.39 is 0 Å². The van der Waals surface area contributed by atoms with Crippen LogP contribution in [0.3, 0.4) is 0 Å². The van der Waals surface area contributed by atoms with Gasteiger partial charge in [0.15, 0.2) is 0 Å². The second kappa shape index (κ2) is 4.82. The summed E-state index contributed by atoms with van der Waals surface area (Å²) in [6.45, 7) is 6.80. The van der Waals surface area contributed by atoms with Crippen LogP contribution in [0, 0.1) is 0 Å². The number of hydrogen-bond acceptors (Lipinski definition) is 1. The molecule has 1 aromatic rings. The largest absolute Gasteiger partial charge is 0.298 e. The molecule has 1 fully saturated rings. The van der Waals surface area contributed by atoms with Gasteiger partial charge in [0.25, 0.3) is 0 Å². The molecule has 0 amide bonds. The summed E-state index contributed by atoms with van der Waals surface area (Å²) < 4.78 is 0. The Morgan fingerprint density at radius 2 is 2.13 bits per heavy atom. The average Bonchev–Trinajstić information content (AvgIpc) is 2.67. The van der Waals surface area contributed by atoms with Crippen molar-refractivity contribution in [3.63, 3.8) is 0 Å². The van der Waals surface area contributed by atoms with E-state index in [9.17, 15) is 0 Å². The molecule has 15 heavy (non-hydrogen) atoms. The third-order valence-corrected chi connectivity index (χ3v) is 3.06. The van der Waals surface area contributed by atoms with Crippen molar-refractivity contribution in [3.05, 3.63) is 47.5 Å². The highest BCUT2D eigenvalue weighted by Crippen LogP contribution is 2.27. The topological polar surface area (TPSA) is 3.24 Å². The zero-order chi connectivity index (χ0) is 10.7. The molecule has 1 saturated heterocycles. The quantitative estimate of drug-likeness (QED) is 0.758. The summed E-state index contributed by atoms with van der Waals surface area (Å²) in [5.41, 5.74) is 1.44. The molecule has 0 aromatic heterocycles. The molecular formula is C13H16ClN. The number of likely N-dealkylation sites (tertiary alicyclic amines) is 1. The minimum atomic E-state index is 0.669. The Bertz CT molecular complexity index is 334. The number of rotatable bonds is 3. The third kappa shape index (κ3) is 2.83. The first-order valence-corrected chi connectivity index (χ1v) is 5.74. The van der Waals surface area contributed by atoms with Crippen LogP contribution in [0.1, 0.15) is 17.9 Å². The van der Waals surface area contributed by atoms with Crippen LogP contribution in [-0.4, -0.2) is 24.5 Å². The minimum absolute atomic E-state index is 0.669. The van der Waals surface area contributed by atoms with Gasteiger partial charge in [-0.25, -0.2) is 0 Å². The number of halogens is 1. The van der Waals surface area contributed by atoms with Gasteiger partial charge in [0.05, 0.1) is 0 Å². The van der Waals surface area contributed by atoms with Crippen molar-refractivity contribution < 1.29 is 0 Å². The van der Waals surface area contributed by atoms with Crippen LogP contribution < -0.4 is 0 Å². The Balaban J connectivity index is 1.96. The molecule has 0 N–H and O–H groups in total. The van der Waals surface area contributed by atoms with Gasteiger partial charge in [-0.1, -0.05) is 48.5 Å². The molecule has 1 atom stereocenters. The Morgan fingerprint density at radius 1 is 1.40 bits per heavy atom. The smallest absolute Gasteiger partial charge is 0.0335 e. The maximum atomic E-state index is 5.82. The van der Waals surface area contributed by atoms with E-state index in [0.717, 1.165) is 24.7 Å². The fraction of sp³-hybridized carbons (Fsp3) is 0.385. The highest BCUT2D eigenvalue weighted by Gasteiger charge is 2.23. The van der Waals surface area contributed by atoms with Crippen molar-refractivity contribution in [3.8, 4) is 0 Å². The first-order chi connectivity index (χ1) is 7.25. The van der Waals surface area contributed by atoms with Crippen LogP contribution in [0.15, 0.2) is 41.9 Å². The predicted octanol–water partition coefficient (Wildman–Crippen LogP) is 3.23. The lowest BCUT2D eigenvalue weighted by molar-refractivity contribution is 0.369. The van der Waals surface area contributed by atoms with E-state index in [1.165, 1.54) is 12.0 Å². The molecule has 2 heteroatoms. The molecule has 0 saturated carbocycles. The van der Waals surface area contributed by atoms with Crippen molar-refractivity contribution in [2.45, 2.75) is 12.3 Å². The van der Waals surface area contributed by atoms with E-state index in [4.69, 9.17) is 11.6 Å². The molecule has 0 spiro atoms. The van der Waals surface area contributed by atoms with E-state index in [0.29, 0.717) is 5.92 Å². The summed E-state index contributed by atoms with van der Waals surface area (Å²) in [4.78, 5) is 2.37. The minimum Gasteiger partial charge on any atom is -0.298 e. The molecule has 1 nitrogen and oxygen atoms in total. The first kappa shape index (κ1) is 10.7. The van der Waals surface area contributed by atoms with Crippen LogP contribution in [-0.2, 0) is 0 Å². The Kier molecular flexibility index (Phi) is 3.45. The fourth-order valence-corrected chi connectivity index (χ4v) is 2.39. The zero-order valence-electron chi connectivity index (χ0n) is 8.82. The molecule has 0 aliphatic carbocycles. The Morgan fingerprint density at radius 3 is 2.80 bits per heavy atom. The monoisotopic (exact) mass is 221 g/mol. The molecule has 0 unspecified atom stereocenters. The fourth-order valence-electron chi connectivity index (χ4n) is 2.22. The standard InChI is InChI=1S/C13H16ClN/c1-11(14)9-15-8-7-13(10-15)12-5-3-2-4-6-12/h2-6,13H,1,7-10H2/t13-/m1/s1. The van der Waals surface area contributed by atoms with Gasteiger partial charge in [-0.05, 0) is 24.4 Å². The third-order valence-electron chi connectivity index (χ3n) is 2.94. The summed E-state index contributed by atoms with van der Waals surface area (Å²) in [6, 6.07) is 10.7. The van der Waals surface area contributed by atoms with Gasteiger partial charge in [0.2, 0.25) is 0 Å². The summed E-state index contributed by atoms with van der Waals surface area (Å²) in [6.07, 6.45) is 1.23. The van der Waals surface area contributed by atoms with E-state index in [2.05, 4.69) is 41.8 Å². The molecule has 0 radical (unpaired) electrons. The number of hydrogen-bond donors (Lipinski definition) is 0. The molecule has 1 aliphatic heterocycles. The normalized spacial score (nSPS) is 21.8. The summed E-state index contributed by atoms with van der Waals surface area (Å²) >= 11 is 5.82. The van der Waals surface area contributed by atoms with E-state index in [1.807, 2.05) is 0 Å². The summed E-state index contributed by atoms with van der Waals surface area (Å²) in [7, 11) is 0. The van der Waals surface area contributed by atoms with Crippen molar-refractivity contribution in [2.24, 2.45) is 0 Å². The second-order valence-corrected chi connectivity index (χ2v) is 4.68. The molecular weight excluding hydrogens is 206 g/mol. The van der Waals surface area contributed by atoms with Crippen molar-refractivity contribution in [1.82, 2.24) is 4.90 Å². The molecule has 2 rings (SSSR count). The maximum absolute atomic E-state index is 5.82. The average molecular weight is 222 g/mol. The van der Waals surface area contributed by atoms with Gasteiger partial charge in [-0.2, -0.15) is 0 Å². The van der Waals surface area contributed by atoms with E-state index in [1.54, 1.807) is 0 Å². The summed E-state index contributed by atoms with van der Waals surface area (Å²) in [5.74, 6) is 0.669.